The molecule has 0 aliphatic carbocycles. The number of esters is 1. The molecule has 0 saturated carbocycles. The fourth-order valence-corrected chi connectivity index (χ4v) is 2.19. The minimum Gasteiger partial charge on any atom is -0.465 e. The Hall–Kier alpha value is -1.63. The number of methoxy groups -OCH3 is 1. The van der Waals surface area contributed by atoms with Gasteiger partial charge in [-0.15, -0.1) is 0 Å². The lowest BCUT2D eigenvalue weighted by Gasteiger charge is -2.08. The minimum absolute atomic E-state index is 0.224. The summed E-state index contributed by atoms with van der Waals surface area (Å²) in [6.45, 7) is 1.94. The third-order valence-electron chi connectivity index (χ3n) is 2.71. The number of aryl methyl sites for hydroxylation is 1. The van der Waals surface area contributed by atoms with E-state index in [1.807, 2.05) is 13.0 Å². The first-order chi connectivity index (χ1) is 9.06. The number of rotatable bonds is 3. The van der Waals surface area contributed by atoms with E-state index in [1.165, 1.54) is 7.11 Å². The summed E-state index contributed by atoms with van der Waals surface area (Å²) in [4.78, 5) is 22.5. The van der Waals surface area contributed by atoms with Gasteiger partial charge in [0, 0.05) is 9.13 Å². The molecule has 5 heteroatoms. The van der Waals surface area contributed by atoms with Crippen LogP contribution in [0.15, 0.2) is 28.7 Å². The van der Waals surface area contributed by atoms with E-state index < -0.39 is 5.97 Å². The molecule has 0 unspecified atom stereocenters. The molecule has 0 aliphatic heterocycles. The van der Waals surface area contributed by atoms with Gasteiger partial charge in [-0.3, -0.25) is 4.79 Å². The molecule has 0 bridgehead atoms. The number of furan rings is 1. The van der Waals surface area contributed by atoms with E-state index in [9.17, 15) is 9.59 Å². The van der Waals surface area contributed by atoms with Crippen LogP contribution in [0.2, 0.25) is 0 Å². The predicted molar refractivity (Wildman–Crippen MR) is 78.3 cm³/mol. The largest absolute Gasteiger partial charge is 0.465 e. The van der Waals surface area contributed by atoms with Crippen LogP contribution in [0.3, 0.4) is 0 Å². The first kappa shape index (κ1) is 13.8. The summed E-state index contributed by atoms with van der Waals surface area (Å²) < 4.78 is 11.1. The third-order valence-corrected chi connectivity index (χ3v) is 3.87. The highest BCUT2D eigenvalue weighted by molar-refractivity contribution is 14.1. The molecule has 0 fully saturated rings. The van der Waals surface area contributed by atoms with Crippen molar-refractivity contribution in [2.24, 2.45) is 0 Å². The van der Waals surface area contributed by atoms with Crippen LogP contribution in [0.25, 0.3) is 11.3 Å². The van der Waals surface area contributed by atoms with Crippen molar-refractivity contribution < 1.29 is 18.7 Å². The van der Waals surface area contributed by atoms with Crippen molar-refractivity contribution >= 4 is 34.8 Å². The molecule has 1 aromatic carbocycles. The van der Waals surface area contributed by atoms with Gasteiger partial charge in [0.15, 0.2) is 12.0 Å². The second-order valence-electron chi connectivity index (χ2n) is 3.96. The number of benzene rings is 1. The molecule has 19 heavy (non-hydrogen) atoms. The molecule has 1 heterocycles. The van der Waals surface area contributed by atoms with E-state index in [0.717, 1.165) is 9.13 Å². The molecule has 2 rings (SSSR count). The van der Waals surface area contributed by atoms with E-state index >= 15 is 0 Å². The molecule has 0 atom stereocenters. The van der Waals surface area contributed by atoms with Gasteiger partial charge in [-0.05, 0) is 59.3 Å². The Kier molecular flexibility index (Phi) is 4.04. The van der Waals surface area contributed by atoms with Crippen LogP contribution in [-0.4, -0.2) is 19.4 Å². The normalized spacial score (nSPS) is 10.3. The fourth-order valence-electron chi connectivity index (χ4n) is 1.73. The Bertz CT molecular complexity index is 643. The van der Waals surface area contributed by atoms with E-state index in [1.54, 1.807) is 18.2 Å². The van der Waals surface area contributed by atoms with Crippen LogP contribution in [0.4, 0.5) is 0 Å². The molecule has 1 aromatic heterocycles. The molecular weight excluding hydrogens is 359 g/mol. The molecule has 98 valence electrons. The second kappa shape index (κ2) is 5.56. The number of ether oxygens (including phenoxy) is 1. The Morgan fingerprint density at radius 3 is 2.68 bits per heavy atom. The van der Waals surface area contributed by atoms with Crippen LogP contribution in [0, 0.1) is 10.5 Å². The van der Waals surface area contributed by atoms with Crippen LogP contribution in [0.5, 0.6) is 0 Å². The molecule has 2 aromatic rings. The first-order valence-electron chi connectivity index (χ1n) is 5.50. The summed E-state index contributed by atoms with van der Waals surface area (Å²) in [7, 11) is 1.33. The third kappa shape index (κ3) is 2.70. The van der Waals surface area contributed by atoms with E-state index in [4.69, 9.17) is 9.15 Å². The van der Waals surface area contributed by atoms with Crippen molar-refractivity contribution in [3.8, 4) is 11.3 Å². The zero-order valence-electron chi connectivity index (χ0n) is 10.4. The standard InChI is InChI=1S/C14H11IO4/c1-8-5-10(13-4-3-9(7-16)19-13)11(6-12(8)15)14(17)18-2/h3-7H,1-2H3. The van der Waals surface area contributed by atoms with E-state index in [0.29, 0.717) is 23.2 Å². The van der Waals surface area contributed by atoms with E-state index in [-0.39, 0.29) is 5.76 Å². The zero-order chi connectivity index (χ0) is 14.0. The SMILES string of the molecule is COC(=O)c1cc(I)c(C)cc1-c1ccc(C=O)o1. The van der Waals surface area contributed by atoms with Gasteiger partial charge in [0.05, 0.1) is 12.7 Å². The van der Waals surface area contributed by atoms with Gasteiger partial charge < -0.3 is 9.15 Å². The van der Waals surface area contributed by atoms with Gasteiger partial charge >= 0.3 is 5.97 Å². The number of hydrogen-bond donors (Lipinski definition) is 0. The lowest BCUT2D eigenvalue weighted by atomic mass is 10.0. The Morgan fingerprint density at radius 1 is 1.37 bits per heavy atom. The molecule has 0 aliphatic rings. The fraction of sp³-hybridized carbons (Fsp3) is 0.143. The Balaban J connectivity index is 2.63. The Morgan fingerprint density at radius 2 is 2.11 bits per heavy atom. The molecular formula is C14H11IO4. The van der Waals surface area contributed by atoms with Crippen molar-refractivity contribution in [3.63, 3.8) is 0 Å². The van der Waals surface area contributed by atoms with Gasteiger partial charge in [-0.2, -0.15) is 0 Å². The van der Waals surface area contributed by atoms with E-state index in [2.05, 4.69) is 22.6 Å². The molecule has 0 spiro atoms. The van der Waals surface area contributed by atoms with Crippen molar-refractivity contribution in [3.05, 3.63) is 44.7 Å². The number of carbonyl (C=O) groups excluding carboxylic acids is 2. The molecule has 0 saturated heterocycles. The molecule has 0 amide bonds. The number of aldehydes is 1. The van der Waals surface area contributed by atoms with Crippen LogP contribution in [0.1, 0.15) is 26.5 Å². The Labute approximate surface area is 123 Å². The second-order valence-corrected chi connectivity index (χ2v) is 5.12. The van der Waals surface area contributed by atoms with Gasteiger partial charge in [-0.1, -0.05) is 0 Å². The molecule has 4 nitrogen and oxygen atoms in total. The van der Waals surface area contributed by atoms with Crippen molar-refractivity contribution in [1.29, 1.82) is 0 Å². The number of halogens is 1. The average Bonchev–Trinajstić information content (AvgIpc) is 2.89. The summed E-state index contributed by atoms with van der Waals surface area (Å²) in [5.74, 6) is 0.265. The summed E-state index contributed by atoms with van der Waals surface area (Å²) in [6, 6.07) is 6.83. The van der Waals surface area contributed by atoms with Gasteiger partial charge in [0.1, 0.15) is 5.76 Å². The van der Waals surface area contributed by atoms with Crippen LogP contribution >= 0.6 is 22.6 Å². The average molecular weight is 370 g/mol. The quantitative estimate of drug-likeness (QED) is 0.472. The topological polar surface area (TPSA) is 56.5 Å². The number of carbonyl (C=O) groups is 2. The van der Waals surface area contributed by atoms with Crippen LogP contribution < -0.4 is 0 Å². The number of hydrogen-bond acceptors (Lipinski definition) is 4. The van der Waals surface area contributed by atoms with Crippen molar-refractivity contribution in [1.82, 2.24) is 0 Å². The molecule has 0 radical (unpaired) electrons. The summed E-state index contributed by atoms with van der Waals surface area (Å²) in [5, 5.41) is 0. The lowest BCUT2D eigenvalue weighted by Crippen LogP contribution is -2.04. The summed E-state index contributed by atoms with van der Waals surface area (Å²) in [5.41, 5.74) is 2.06. The highest BCUT2D eigenvalue weighted by Gasteiger charge is 2.17. The maximum atomic E-state index is 11.8. The highest BCUT2D eigenvalue weighted by atomic mass is 127. The van der Waals surface area contributed by atoms with Crippen molar-refractivity contribution in [2.45, 2.75) is 6.92 Å². The van der Waals surface area contributed by atoms with Crippen LogP contribution in [-0.2, 0) is 4.74 Å². The first-order valence-corrected chi connectivity index (χ1v) is 6.58. The van der Waals surface area contributed by atoms with Gasteiger partial charge in [0.2, 0.25) is 0 Å². The summed E-state index contributed by atoms with van der Waals surface area (Å²) >= 11 is 2.15. The van der Waals surface area contributed by atoms with Gasteiger partial charge in [-0.25, -0.2) is 4.79 Å². The lowest BCUT2D eigenvalue weighted by molar-refractivity contribution is 0.0601. The predicted octanol–water partition coefficient (Wildman–Crippen LogP) is 3.46. The van der Waals surface area contributed by atoms with Crippen molar-refractivity contribution in [2.75, 3.05) is 7.11 Å². The molecule has 0 N–H and O–H groups in total. The zero-order valence-corrected chi connectivity index (χ0v) is 12.6. The van der Waals surface area contributed by atoms with Gasteiger partial charge in [0.25, 0.3) is 0 Å². The smallest absolute Gasteiger partial charge is 0.338 e. The summed E-state index contributed by atoms with van der Waals surface area (Å²) in [6.07, 6.45) is 0.626. The maximum Gasteiger partial charge on any atom is 0.338 e. The monoisotopic (exact) mass is 370 g/mol. The maximum absolute atomic E-state index is 11.8. The highest BCUT2D eigenvalue weighted by Crippen LogP contribution is 2.29. The minimum atomic E-state index is -0.433.